The summed E-state index contributed by atoms with van der Waals surface area (Å²) >= 11 is 0. The van der Waals surface area contributed by atoms with Crippen molar-refractivity contribution in [2.75, 3.05) is 11.9 Å². The van der Waals surface area contributed by atoms with Crippen LogP contribution in [0.15, 0.2) is 41.3 Å². The van der Waals surface area contributed by atoms with E-state index in [1.165, 1.54) is 0 Å². The average Bonchev–Trinajstić information content (AvgIpc) is 3.08. The Balaban J connectivity index is 1.70. The summed E-state index contributed by atoms with van der Waals surface area (Å²) in [5.41, 5.74) is -0.461. The number of ether oxygens (including phenoxy) is 1. The van der Waals surface area contributed by atoms with Crippen molar-refractivity contribution < 1.29 is 14.3 Å². The minimum Gasteiger partial charge on any atom is -0.451 e. The number of carbonyl (C=O) groups excluding carboxylic acids is 2. The van der Waals surface area contributed by atoms with Crippen molar-refractivity contribution in [2.24, 2.45) is 0 Å². The van der Waals surface area contributed by atoms with Crippen LogP contribution in [0.4, 0.5) is 5.82 Å². The second-order valence-corrected chi connectivity index (χ2v) is 5.83. The Morgan fingerprint density at radius 1 is 1.23 bits per heavy atom. The number of H-pyrrole nitrogens is 1. The fourth-order valence-corrected chi connectivity index (χ4v) is 2.47. The van der Waals surface area contributed by atoms with Gasteiger partial charge in [-0.3, -0.25) is 9.59 Å². The molecule has 0 atom stereocenters. The molecular formula is C17H17N5O4. The maximum atomic E-state index is 12.2. The molecule has 9 heteroatoms. The van der Waals surface area contributed by atoms with Gasteiger partial charge >= 0.3 is 5.97 Å². The standard InChI is InChI=1S/C17H17N5O4/c1-10(2)22-13(7-8-18-22)19-14(23)9-26-17(25)15-11-5-3-4-6-12(11)16(24)21-20-15/h3-8,10H,9H2,1-2H3,(H,19,23)(H,21,24). The maximum absolute atomic E-state index is 12.2. The third-order valence-electron chi connectivity index (χ3n) is 3.65. The molecule has 2 heterocycles. The molecule has 1 amide bonds. The van der Waals surface area contributed by atoms with E-state index in [-0.39, 0.29) is 11.7 Å². The first kappa shape index (κ1) is 17.3. The van der Waals surface area contributed by atoms with E-state index in [4.69, 9.17) is 4.74 Å². The zero-order valence-corrected chi connectivity index (χ0v) is 14.2. The van der Waals surface area contributed by atoms with Gasteiger partial charge in [-0.2, -0.15) is 10.2 Å². The Kier molecular flexibility index (Phi) is 4.78. The molecule has 2 aromatic heterocycles. The first-order valence-electron chi connectivity index (χ1n) is 7.95. The molecule has 0 saturated heterocycles. The van der Waals surface area contributed by atoms with Gasteiger partial charge in [0.05, 0.1) is 11.6 Å². The van der Waals surface area contributed by atoms with Gasteiger partial charge in [0.2, 0.25) is 0 Å². The van der Waals surface area contributed by atoms with Crippen molar-refractivity contribution in [1.82, 2.24) is 20.0 Å². The molecule has 3 rings (SSSR count). The first-order chi connectivity index (χ1) is 12.5. The number of rotatable bonds is 5. The van der Waals surface area contributed by atoms with Crippen LogP contribution < -0.4 is 10.9 Å². The lowest BCUT2D eigenvalue weighted by Gasteiger charge is -2.12. The SMILES string of the molecule is CC(C)n1nccc1NC(=O)COC(=O)c1n[nH]c(=O)c2ccccc12. The molecule has 3 aromatic rings. The molecule has 2 N–H and O–H groups in total. The summed E-state index contributed by atoms with van der Waals surface area (Å²) in [5, 5.41) is 13.4. The molecule has 0 aliphatic carbocycles. The van der Waals surface area contributed by atoms with E-state index in [1.54, 1.807) is 41.2 Å². The molecule has 0 saturated carbocycles. The molecular weight excluding hydrogens is 338 g/mol. The van der Waals surface area contributed by atoms with Gasteiger partial charge in [-0.25, -0.2) is 14.6 Å². The van der Waals surface area contributed by atoms with Crippen LogP contribution in [-0.4, -0.2) is 38.5 Å². The molecule has 0 bridgehead atoms. The molecule has 9 nitrogen and oxygen atoms in total. The van der Waals surface area contributed by atoms with Gasteiger partial charge in [0.25, 0.3) is 11.5 Å². The van der Waals surface area contributed by atoms with Gasteiger partial charge in [-0.05, 0) is 19.9 Å². The average molecular weight is 355 g/mol. The van der Waals surface area contributed by atoms with Crippen molar-refractivity contribution in [3.63, 3.8) is 0 Å². The van der Waals surface area contributed by atoms with E-state index in [1.807, 2.05) is 13.8 Å². The summed E-state index contributed by atoms with van der Waals surface area (Å²) < 4.78 is 6.66. The summed E-state index contributed by atoms with van der Waals surface area (Å²) in [4.78, 5) is 36.0. The molecule has 0 unspecified atom stereocenters. The highest BCUT2D eigenvalue weighted by molar-refractivity contribution is 6.03. The number of nitrogens with zero attached hydrogens (tertiary/aromatic N) is 3. The number of benzene rings is 1. The number of hydrogen-bond donors (Lipinski definition) is 2. The molecule has 0 radical (unpaired) electrons. The van der Waals surface area contributed by atoms with E-state index in [2.05, 4.69) is 20.6 Å². The summed E-state index contributed by atoms with van der Waals surface area (Å²) in [7, 11) is 0. The molecule has 0 spiro atoms. The lowest BCUT2D eigenvalue weighted by molar-refractivity contribution is -0.119. The number of aromatic amines is 1. The number of hydrogen-bond acceptors (Lipinski definition) is 6. The summed E-state index contributed by atoms with van der Waals surface area (Å²) in [6.45, 7) is 3.36. The Hall–Kier alpha value is -3.49. The Morgan fingerprint density at radius 3 is 2.69 bits per heavy atom. The van der Waals surface area contributed by atoms with Crippen LogP contribution in [0.2, 0.25) is 0 Å². The number of fused-ring (bicyclic) bond motifs is 1. The second kappa shape index (κ2) is 7.18. The number of anilines is 1. The lowest BCUT2D eigenvalue weighted by Crippen LogP contribution is -2.24. The highest BCUT2D eigenvalue weighted by Crippen LogP contribution is 2.14. The van der Waals surface area contributed by atoms with Crippen molar-refractivity contribution in [3.8, 4) is 0 Å². The Labute approximate surface area is 148 Å². The molecule has 26 heavy (non-hydrogen) atoms. The zero-order valence-electron chi connectivity index (χ0n) is 14.2. The Morgan fingerprint density at radius 2 is 1.96 bits per heavy atom. The topological polar surface area (TPSA) is 119 Å². The van der Waals surface area contributed by atoms with Crippen LogP contribution in [0.5, 0.6) is 0 Å². The van der Waals surface area contributed by atoms with Crippen LogP contribution in [-0.2, 0) is 9.53 Å². The second-order valence-electron chi connectivity index (χ2n) is 5.83. The van der Waals surface area contributed by atoms with Gasteiger partial charge in [0.1, 0.15) is 5.82 Å². The maximum Gasteiger partial charge on any atom is 0.359 e. The van der Waals surface area contributed by atoms with Crippen molar-refractivity contribution in [1.29, 1.82) is 0 Å². The van der Waals surface area contributed by atoms with Crippen molar-refractivity contribution >= 4 is 28.5 Å². The minimum absolute atomic E-state index is 0.0553. The zero-order chi connectivity index (χ0) is 18.7. The number of aromatic nitrogens is 4. The summed E-state index contributed by atoms with van der Waals surface area (Å²) in [6.07, 6.45) is 1.57. The number of carbonyl (C=O) groups is 2. The number of esters is 1. The number of nitrogens with one attached hydrogen (secondary N) is 2. The van der Waals surface area contributed by atoms with E-state index >= 15 is 0 Å². The fraction of sp³-hybridized carbons (Fsp3) is 0.235. The van der Waals surface area contributed by atoms with Gasteiger partial charge < -0.3 is 10.1 Å². The normalized spacial score (nSPS) is 10.9. The summed E-state index contributed by atoms with van der Waals surface area (Å²) in [5.74, 6) is -0.798. The molecule has 0 aliphatic heterocycles. The molecule has 134 valence electrons. The monoisotopic (exact) mass is 355 g/mol. The van der Waals surface area contributed by atoms with E-state index in [0.717, 1.165) is 0 Å². The van der Waals surface area contributed by atoms with E-state index in [9.17, 15) is 14.4 Å². The van der Waals surface area contributed by atoms with Gasteiger partial charge in [0.15, 0.2) is 12.3 Å². The first-order valence-corrected chi connectivity index (χ1v) is 7.95. The van der Waals surface area contributed by atoms with Crippen molar-refractivity contribution in [3.05, 3.63) is 52.6 Å². The van der Waals surface area contributed by atoms with Crippen molar-refractivity contribution in [2.45, 2.75) is 19.9 Å². The fourth-order valence-electron chi connectivity index (χ4n) is 2.47. The smallest absolute Gasteiger partial charge is 0.359 e. The van der Waals surface area contributed by atoms with E-state index in [0.29, 0.717) is 16.6 Å². The van der Waals surface area contributed by atoms with Gasteiger partial charge in [0, 0.05) is 17.5 Å². The quantitative estimate of drug-likeness (QED) is 0.669. The lowest BCUT2D eigenvalue weighted by atomic mass is 10.1. The highest BCUT2D eigenvalue weighted by atomic mass is 16.5. The molecule has 0 aliphatic rings. The van der Waals surface area contributed by atoms with Crippen LogP contribution in [0.1, 0.15) is 30.4 Å². The summed E-state index contributed by atoms with van der Waals surface area (Å²) in [6, 6.07) is 8.25. The van der Waals surface area contributed by atoms with Crippen LogP contribution in [0, 0.1) is 0 Å². The Bertz CT molecular complexity index is 1020. The van der Waals surface area contributed by atoms with E-state index < -0.39 is 24.0 Å². The predicted molar refractivity (Wildman–Crippen MR) is 93.9 cm³/mol. The molecule has 0 fully saturated rings. The van der Waals surface area contributed by atoms with Gasteiger partial charge in [-0.15, -0.1) is 0 Å². The third kappa shape index (κ3) is 3.46. The van der Waals surface area contributed by atoms with Gasteiger partial charge in [-0.1, -0.05) is 18.2 Å². The third-order valence-corrected chi connectivity index (χ3v) is 3.65. The minimum atomic E-state index is -0.801. The van der Waals surface area contributed by atoms with Crippen LogP contribution in [0.3, 0.4) is 0 Å². The van der Waals surface area contributed by atoms with Crippen LogP contribution >= 0.6 is 0 Å². The van der Waals surface area contributed by atoms with Crippen LogP contribution in [0.25, 0.3) is 10.8 Å². The highest BCUT2D eigenvalue weighted by Gasteiger charge is 2.17. The molecule has 1 aromatic carbocycles. The largest absolute Gasteiger partial charge is 0.451 e. The number of amides is 1. The predicted octanol–water partition coefficient (Wildman–Crippen LogP) is 1.50.